The van der Waals surface area contributed by atoms with Crippen LogP contribution < -0.4 is 10.6 Å². The zero-order valence-corrected chi connectivity index (χ0v) is 18.4. The first-order chi connectivity index (χ1) is 15.9. The Hall–Kier alpha value is -4.00. The zero-order valence-electron chi connectivity index (χ0n) is 18.4. The number of anilines is 1. The maximum absolute atomic E-state index is 14.0. The van der Waals surface area contributed by atoms with E-state index in [4.69, 9.17) is 4.74 Å². The van der Waals surface area contributed by atoms with Gasteiger partial charge in [0.2, 0.25) is 0 Å². The summed E-state index contributed by atoms with van der Waals surface area (Å²) in [6.45, 7) is 3.74. The predicted molar refractivity (Wildman–Crippen MR) is 123 cm³/mol. The molecule has 0 fully saturated rings. The maximum atomic E-state index is 14.0. The highest BCUT2D eigenvalue weighted by Crippen LogP contribution is 2.22. The summed E-state index contributed by atoms with van der Waals surface area (Å²) in [5.41, 5.74) is 2.05. The van der Waals surface area contributed by atoms with Gasteiger partial charge in [0.15, 0.2) is 0 Å². The molecule has 0 aromatic heterocycles. The van der Waals surface area contributed by atoms with Crippen LogP contribution in [0.3, 0.4) is 0 Å². The number of nitrogens with one attached hydrogen (secondary N) is 2. The Morgan fingerprint density at radius 1 is 0.939 bits per heavy atom. The average Bonchev–Trinajstić information content (AvgIpc) is 2.81. The molecule has 0 bridgehead atoms. The van der Waals surface area contributed by atoms with Crippen molar-refractivity contribution in [1.82, 2.24) is 5.32 Å². The summed E-state index contributed by atoms with van der Waals surface area (Å²) >= 11 is 0. The summed E-state index contributed by atoms with van der Waals surface area (Å²) in [5.74, 6) is -2.09. The first-order valence-electron chi connectivity index (χ1n) is 10.6. The molecule has 33 heavy (non-hydrogen) atoms. The van der Waals surface area contributed by atoms with Crippen LogP contribution in [0.15, 0.2) is 72.8 Å². The van der Waals surface area contributed by atoms with Crippen molar-refractivity contribution in [3.63, 3.8) is 0 Å². The fraction of sp³-hybridized carbons (Fsp3) is 0.192. The van der Waals surface area contributed by atoms with Crippen molar-refractivity contribution in [2.75, 3.05) is 11.9 Å². The summed E-state index contributed by atoms with van der Waals surface area (Å²) in [4.78, 5) is 37.6. The third-order valence-corrected chi connectivity index (χ3v) is 5.05. The molecule has 2 amide bonds. The van der Waals surface area contributed by atoms with Crippen LogP contribution in [0.5, 0.6) is 0 Å². The van der Waals surface area contributed by atoms with Crippen LogP contribution in [-0.2, 0) is 9.53 Å². The van der Waals surface area contributed by atoms with E-state index in [-0.39, 0.29) is 24.2 Å². The fourth-order valence-corrected chi connectivity index (χ4v) is 3.30. The van der Waals surface area contributed by atoms with E-state index < -0.39 is 29.6 Å². The van der Waals surface area contributed by atoms with Gasteiger partial charge in [-0.15, -0.1) is 0 Å². The Labute approximate surface area is 191 Å². The molecular formula is C26H25FN2O4. The van der Waals surface area contributed by atoms with Crippen molar-refractivity contribution < 1.29 is 23.5 Å². The number of hydrogen-bond acceptors (Lipinski definition) is 4. The first-order valence-corrected chi connectivity index (χ1v) is 10.6. The number of aryl methyl sites for hydroxylation is 1. The van der Waals surface area contributed by atoms with Crippen molar-refractivity contribution in [2.45, 2.75) is 26.3 Å². The topological polar surface area (TPSA) is 84.5 Å². The van der Waals surface area contributed by atoms with Crippen LogP contribution in [0.1, 0.15) is 51.2 Å². The molecule has 3 aromatic carbocycles. The highest BCUT2D eigenvalue weighted by Gasteiger charge is 2.21. The number of benzene rings is 3. The number of carbonyl (C=O) groups excluding carboxylic acids is 3. The minimum atomic E-state index is -0.633. The Balaban J connectivity index is 1.80. The lowest BCUT2D eigenvalue weighted by molar-refractivity contribution is -0.143. The number of ether oxygens (including phenoxy) is 1. The van der Waals surface area contributed by atoms with Crippen LogP contribution >= 0.6 is 0 Å². The molecule has 0 aliphatic heterocycles. The zero-order chi connectivity index (χ0) is 23.8. The van der Waals surface area contributed by atoms with Crippen molar-refractivity contribution >= 4 is 23.5 Å². The summed E-state index contributed by atoms with van der Waals surface area (Å²) in [7, 11) is 0. The van der Waals surface area contributed by atoms with Crippen molar-refractivity contribution in [1.29, 1.82) is 0 Å². The van der Waals surface area contributed by atoms with E-state index in [9.17, 15) is 18.8 Å². The van der Waals surface area contributed by atoms with Gasteiger partial charge < -0.3 is 15.4 Å². The summed E-state index contributed by atoms with van der Waals surface area (Å²) in [6, 6.07) is 19.0. The molecule has 0 saturated heterocycles. The smallest absolute Gasteiger partial charge is 0.308 e. The molecular weight excluding hydrogens is 423 g/mol. The quantitative estimate of drug-likeness (QED) is 0.485. The second-order valence-corrected chi connectivity index (χ2v) is 7.41. The lowest BCUT2D eigenvalue weighted by atomic mass is 10.0. The van der Waals surface area contributed by atoms with Crippen LogP contribution in [0, 0.1) is 12.7 Å². The highest BCUT2D eigenvalue weighted by atomic mass is 19.1. The third-order valence-electron chi connectivity index (χ3n) is 5.05. The maximum Gasteiger partial charge on any atom is 0.308 e. The molecule has 1 unspecified atom stereocenters. The second kappa shape index (κ2) is 11.0. The molecule has 3 aromatic rings. The number of hydrogen-bond donors (Lipinski definition) is 2. The highest BCUT2D eigenvalue weighted by molar-refractivity contribution is 6.05. The lowest BCUT2D eigenvalue weighted by Crippen LogP contribution is -2.30. The summed E-state index contributed by atoms with van der Waals surface area (Å²) < 4.78 is 19.0. The van der Waals surface area contributed by atoms with Crippen LogP contribution in [-0.4, -0.2) is 24.4 Å². The number of carbonyl (C=O) groups is 3. The minimum Gasteiger partial charge on any atom is -0.466 e. The second-order valence-electron chi connectivity index (χ2n) is 7.41. The normalized spacial score (nSPS) is 11.4. The number of amides is 2. The van der Waals surface area contributed by atoms with E-state index in [0.29, 0.717) is 11.3 Å². The lowest BCUT2D eigenvalue weighted by Gasteiger charge is -2.19. The summed E-state index contributed by atoms with van der Waals surface area (Å²) in [6.07, 6.45) is -0.0215. The molecule has 0 aliphatic rings. The van der Waals surface area contributed by atoms with Gasteiger partial charge in [-0.05, 0) is 49.2 Å². The van der Waals surface area contributed by atoms with E-state index in [1.165, 1.54) is 24.3 Å². The SMILES string of the molecule is CCOC(=O)CC(NC(=O)c1ccc(C)c(NC(=O)c2ccccc2F)c1)c1ccccc1. The number of esters is 1. The number of rotatable bonds is 8. The van der Waals surface area contributed by atoms with Gasteiger partial charge >= 0.3 is 5.97 Å². The van der Waals surface area contributed by atoms with Gasteiger partial charge in [0, 0.05) is 11.3 Å². The Morgan fingerprint density at radius 3 is 2.33 bits per heavy atom. The van der Waals surface area contributed by atoms with Gasteiger partial charge in [0.05, 0.1) is 24.6 Å². The minimum absolute atomic E-state index is 0.0215. The Kier molecular flexibility index (Phi) is 7.91. The Morgan fingerprint density at radius 2 is 1.64 bits per heavy atom. The molecule has 7 heteroatoms. The van der Waals surface area contributed by atoms with Gasteiger partial charge in [-0.2, -0.15) is 0 Å². The van der Waals surface area contributed by atoms with Crippen LogP contribution in [0.4, 0.5) is 10.1 Å². The van der Waals surface area contributed by atoms with Crippen LogP contribution in [0.2, 0.25) is 0 Å². The van der Waals surface area contributed by atoms with Gasteiger partial charge in [-0.3, -0.25) is 14.4 Å². The van der Waals surface area contributed by atoms with E-state index in [0.717, 1.165) is 5.56 Å². The molecule has 3 rings (SSSR count). The van der Waals surface area contributed by atoms with Crippen molar-refractivity contribution in [3.8, 4) is 0 Å². The van der Waals surface area contributed by atoms with Gasteiger partial charge in [-0.1, -0.05) is 48.5 Å². The molecule has 1 atom stereocenters. The van der Waals surface area contributed by atoms with E-state index in [2.05, 4.69) is 10.6 Å². The molecule has 0 heterocycles. The molecule has 6 nitrogen and oxygen atoms in total. The van der Waals surface area contributed by atoms with Crippen molar-refractivity contribution in [3.05, 3.63) is 101 Å². The molecule has 0 aliphatic carbocycles. The van der Waals surface area contributed by atoms with Gasteiger partial charge in [-0.25, -0.2) is 4.39 Å². The average molecular weight is 448 g/mol. The molecule has 2 N–H and O–H groups in total. The van der Waals surface area contributed by atoms with Gasteiger partial charge in [0.1, 0.15) is 5.82 Å². The molecule has 0 saturated carbocycles. The molecule has 170 valence electrons. The fourth-order valence-electron chi connectivity index (χ4n) is 3.30. The van der Waals surface area contributed by atoms with Crippen molar-refractivity contribution in [2.24, 2.45) is 0 Å². The van der Waals surface area contributed by atoms with Gasteiger partial charge in [0.25, 0.3) is 11.8 Å². The monoisotopic (exact) mass is 448 g/mol. The number of halogens is 1. The van der Waals surface area contributed by atoms with E-state index >= 15 is 0 Å². The summed E-state index contributed by atoms with van der Waals surface area (Å²) in [5, 5.41) is 5.53. The Bertz CT molecular complexity index is 1150. The molecule has 0 radical (unpaired) electrons. The van der Waals surface area contributed by atoms with E-state index in [1.54, 1.807) is 32.0 Å². The van der Waals surface area contributed by atoms with E-state index in [1.807, 2.05) is 30.3 Å². The van der Waals surface area contributed by atoms with Crippen LogP contribution in [0.25, 0.3) is 0 Å². The molecule has 0 spiro atoms. The predicted octanol–water partition coefficient (Wildman–Crippen LogP) is 4.81. The largest absolute Gasteiger partial charge is 0.466 e. The third kappa shape index (κ3) is 6.26. The standard InChI is InChI=1S/C26H25FN2O4/c1-3-33-24(30)16-23(18-9-5-4-6-10-18)29-25(31)19-14-13-17(2)22(15-19)28-26(32)20-11-7-8-12-21(20)27/h4-15,23H,3,16H2,1-2H3,(H,28,32)(H,29,31). The first kappa shape index (κ1) is 23.7.